The number of nitrogens with zero attached hydrogens (tertiary/aromatic N) is 1. The Kier molecular flexibility index (Phi) is 4.84. The Balaban J connectivity index is 1.76. The van der Waals surface area contributed by atoms with E-state index in [1.54, 1.807) is 24.4 Å². The van der Waals surface area contributed by atoms with Gasteiger partial charge in [-0.15, -0.1) is 0 Å². The van der Waals surface area contributed by atoms with Gasteiger partial charge in [-0.3, -0.25) is 0 Å². The highest BCUT2D eigenvalue weighted by atomic mass is 32.2. The molecule has 2 aliphatic rings. The summed E-state index contributed by atoms with van der Waals surface area (Å²) in [7, 11) is -3.38. The minimum atomic E-state index is -4.36. The largest absolute Gasteiger partial charge is 0.416 e. The number of hydrogen-bond acceptors (Lipinski definition) is 3. The molecule has 0 bridgehead atoms. The molecule has 4 rings (SSSR count). The average molecular weight is 421 g/mol. The molecule has 29 heavy (non-hydrogen) atoms. The number of aromatic nitrogens is 1. The molecule has 0 atom stereocenters. The van der Waals surface area contributed by atoms with E-state index in [-0.39, 0.29) is 10.4 Å². The topological polar surface area (TPSA) is 47.0 Å². The summed E-state index contributed by atoms with van der Waals surface area (Å²) in [6, 6.07) is 8.61. The zero-order chi connectivity index (χ0) is 20.9. The summed E-state index contributed by atoms with van der Waals surface area (Å²) in [4.78, 5) is 4.11. The lowest BCUT2D eigenvalue weighted by Gasteiger charge is -2.23. The molecule has 0 saturated heterocycles. The first-order valence-corrected chi connectivity index (χ1v) is 11.5. The van der Waals surface area contributed by atoms with Crippen molar-refractivity contribution in [1.82, 2.24) is 4.98 Å². The highest BCUT2D eigenvalue weighted by Crippen LogP contribution is 2.57. The first-order chi connectivity index (χ1) is 13.6. The van der Waals surface area contributed by atoms with Crippen molar-refractivity contribution in [2.45, 2.75) is 49.7 Å². The third kappa shape index (κ3) is 3.97. The van der Waals surface area contributed by atoms with E-state index in [1.807, 2.05) is 0 Å². The van der Waals surface area contributed by atoms with Gasteiger partial charge >= 0.3 is 6.18 Å². The maximum Gasteiger partial charge on any atom is 0.416 e. The SMILES string of the molecule is CS(=O)(=O)c1ccc(C2=C(c3ccc(C(F)(F)F)cc3)CC3(CCCC3)C2)cn1. The van der Waals surface area contributed by atoms with Crippen LogP contribution in [0.2, 0.25) is 0 Å². The fourth-order valence-electron chi connectivity index (χ4n) is 4.70. The van der Waals surface area contributed by atoms with Gasteiger partial charge in [-0.25, -0.2) is 13.4 Å². The molecule has 7 heteroatoms. The van der Waals surface area contributed by atoms with Crippen LogP contribution in [0.15, 0.2) is 47.6 Å². The molecule has 1 aromatic heterocycles. The third-order valence-corrected chi connectivity index (χ3v) is 7.16. The smallest absolute Gasteiger partial charge is 0.244 e. The molecule has 2 aromatic rings. The van der Waals surface area contributed by atoms with E-state index in [9.17, 15) is 21.6 Å². The van der Waals surface area contributed by atoms with E-state index < -0.39 is 21.6 Å². The lowest BCUT2D eigenvalue weighted by molar-refractivity contribution is -0.137. The van der Waals surface area contributed by atoms with Gasteiger partial charge in [-0.2, -0.15) is 13.2 Å². The van der Waals surface area contributed by atoms with Crippen molar-refractivity contribution in [2.75, 3.05) is 6.26 Å². The summed E-state index contributed by atoms with van der Waals surface area (Å²) in [5, 5.41) is 0.0199. The van der Waals surface area contributed by atoms with Crippen LogP contribution in [0.1, 0.15) is 55.2 Å². The van der Waals surface area contributed by atoms with Crippen LogP contribution in [0.5, 0.6) is 0 Å². The van der Waals surface area contributed by atoms with Crippen molar-refractivity contribution in [3.8, 4) is 0 Å². The molecule has 1 aromatic carbocycles. The van der Waals surface area contributed by atoms with E-state index in [0.29, 0.717) is 0 Å². The molecule has 1 saturated carbocycles. The number of halogens is 3. The second kappa shape index (κ2) is 6.97. The van der Waals surface area contributed by atoms with E-state index in [0.717, 1.165) is 66.3 Å². The normalized spacial score (nSPS) is 19.3. The third-order valence-electron chi connectivity index (χ3n) is 6.16. The Morgan fingerprint density at radius 2 is 1.45 bits per heavy atom. The number of allylic oxidation sites excluding steroid dienone is 2. The second-order valence-electron chi connectivity index (χ2n) is 8.25. The Hall–Kier alpha value is -2.15. The Morgan fingerprint density at radius 3 is 1.93 bits per heavy atom. The summed E-state index contributed by atoms with van der Waals surface area (Å²) in [6.07, 6.45) is 4.56. The quantitative estimate of drug-likeness (QED) is 0.632. The van der Waals surface area contributed by atoms with Crippen LogP contribution in [0.4, 0.5) is 13.2 Å². The Bertz CT molecular complexity index is 1050. The molecule has 1 fully saturated rings. The lowest BCUT2D eigenvalue weighted by Crippen LogP contribution is -2.11. The number of hydrogen-bond donors (Lipinski definition) is 0. The predicted molar refractivity (Wildman–Crippen MR) is 106 cm³/mol. The summed E-state index contributed by atoms with van der Waals surface area (Å²) < 4.78 is 62.2. The number of benzene rings is 1. The summed E-state index contributed by atoms with van der Waals surface area (Å²) in [5.74, 6) is 0. The van der Waals surface area contributed by atoms with Crippen LogP contribution >= 0.6 is 0 Å². The summed E-state index contributed by atoms with van der Waals surface area (Å²) >= 11 is 0. The van der Waals surface area contributed by atoms with Crippen molar-refractivity contribution >= 4 is 21.0 Å². The van der Waals surface area contributed by atoms with Crippen LogP contribution in [-0.2, 0) is 16.0 Å². The van der Waals surface area contributed by atoms with E-state index in [4.69, 9.17) is 0 Å². The summed E-state index contributed by atoms with van der Waals surface area (Å²) in [5.41, 5.74) is 3.26. The van der Waals surface area contributed by atoms with Crippen molar-refractivity contribution in [3.05, 3.63) is 59.3 Å². The minimum Gasteiger partial charge on any atom is -0.244 e. The number of alkyl halides is 3. The fraction of sp³-hybridized carbons (Fsp3) is 0.409. The highest BCUT2D eigenvalue weighted by Gasteiger charge is 2.41. The minimum absolute atomic E-state index is 0.0199. The molecular formula is C22H22F3NO2S. The lowest BCUT2D eigenvalue weighted by atomic mass is 9.81. The van der Waals surface area contributed by atoms with E-state index in [1.165, 1.54) is 18.9 Å². The standard InChI is InChI=1S/C22H22F3NO2S/c1-29(27,28)20-9-6-16(14-26-20)19-13-21(10-2-3-11-21)12-18(19)15-4-7-17(8-5-15)22(23,24)25/h4-9,14H,2-3,10-13H2,1H3. The second-order valence-corrected chi connectivity index (χ2v) is 10.2. The molecule has 1 heterocycles. The van der Waals surface area contributed by atoms with Gasteiger partial charge in [0.2, 0.25) is 0 Å². The predicted octanol–water partition coefficient (Wildman–Crippen LogP) is 5.77. The Morgan fingerprint density at radius 1 is 0.897 bits per heavy atom. The van der Waals surface area contributed by atoms with Gasteiger partial charge in [0.05, 0.1) is 5.56 Å². The number of sulfone groups is 1. The molecular weight excluding hydrogens is 399 g/mol. The molecule has 0 aliphatic heterocycles. The average Bonchev–Trinajstić information content (AvgIpc) is 3.28. The van der Waals surface area contributed by atoms with E-state index >= 15 is 0 Å². The maximum absolute atomic E-state index is 12.9. The van der Waals surface area contributed by atoms with Crippen LogP contribution in [0.3, 0.4) is 0 Å². The zero-order valence-electron chi connectivity index (χ0n) is 16.1. The van der Waals surface area contributed by atoms with Crippen molar-refractivity contribution in [3.63, 3.8) is 0 Å². The molecule has 154 valence electrons. The van der Waals surface area contributed by atoms with Gasteiger partial charge < -0.3 is 0 Å². The first kappa shape index (κ1) is 20.1. The molecule has 0 N–H and O–H groups in total. The number of rotatable bonds is 3. The number of pyridine rings is 1. The van der Waals surface area contributed by atoms with Crippen molar-refractivity contribution in [2.24, 2.45) is 5.41 Å². The van der Waals surface area contributed by atoms with E-state index in [2.05, 4.69) is 4.98 Å². The molecule has 3 nitrogen and oxygen atoms in total. The van der Waals surface area contributed by atoms with Gasteiger partial charge in [0, 0.05) is 12.5 Å². The van der Waals surface area contributed by atoms with Gasteiger partial charge in [-0.1, -0.05) is 31.0 Å². The monoisotopic (exact) mass is 421 g/mol. The van der Waals surface area contributed by atoms with Crippen LogP contribution in [-0.4, -0.2) is 19.7 Å². The summed E-state index contributed by atoms with van der Waals surface area (Å²) in [6.45, 7) is 0. The highest BCUT2D eigenvalue weighted by molar-refractivity contribution is 7.90. The maximum atomic E-state index is 12.9. The molecule has 0 unspecified atom stereocenters. The molecule has 2 aliphatic carbocycles. The van der Waals surface area contributed by atoms with Crippen LogP contribution in [0.25, 0.3) is 11.1 Å². The van der Waals surface area contributed by atoms with Gasteiger partial charge in [0.15, 0.2) is 14.9 Å². The van der Waals surface area contributed by atoms with Gasteiger partial charge in [0.1, 0.15) is 0 Å². The Labute approximate surface area is 168 Å². The fourth-order valence-corrected chi connectivity index (χ4v) is 5.25. The molecule has 1 spiro atoms. The first-order valence-electron chi connectivity index (χ1n) is 9.64. The molecule has 0 amide bonds. The van der Waals surface area contributed by atoms with Crippen molar-refractivity contribution in [1.29, 1.82) is 0 Å². The van der Waals surface area contributed by atoms with Gasteiger partial charge in [-0.05, 0) is 71.6 Å². The van der Waals surface area contributed by atoms with Crippen LogP contribution < -0.4 is 0 Å². The molecule has 0 radical (unpaired) electrons. The van der Waals surface area contributed by atoms with Gasteiger partial charge in [0.25, 0.3) is 0 Å². The zero-order valence-corrected chi connectivity index (χ0v) is 16.9. The van der Waals surface area contributed by atoms with Crippen molar-refractivity contribution < 1.29 is 21.6 Å². The van der Waals surface area contributed by atoms with Crippen LogP contribution in [0, 0.1) is 5.41 Å².